The van der Waals surface area contributed by atoms with Crippen LogP contribution in [0.2, 0.25) is 0 Å². The number of anilines is 2. The van der Waals surface area contributed by atoms with Crippen LogP contribution in [0.25, 0.3) is 5.70 Å². The smallest absolute Gasteiger partial charge is 0.238 e. The third-order valence-corrected chi connectivity index (χ3v) is 6.53. The normalized spacial score (nSPS) is 16.0. The largest absolute Gasteiger partial charge is 0.479 e. The predicted octanol–water partition coefficient (Wildman–Crippen LogP) is 4.71. The second-order valence-corrected chi connectivity index (χ2v) is 8.80. The van der Waals surface area contributed by atoms with Gasteiger partial charge in [-0.1, -0.05) is 6.08 Å². The summed E-state index contributed by atoms with van der Waals surface area (Å²) in [7, 11) is 1.64. The zero-order chi connectivity index (χ0) is 22.1. The van der Waals surface area contributed by atoms with Gasteiger partial charge in [0.05, 0.1) is 36.2 Å². The molecule has 1 N–H and O–H groups in total. The second kappa shape index (κ2) is 8.74. The highest BCUT2D eigenvalue weighted by Gasteiger charge is 2.21. The summed E-state index contributed by atoms with van der Waals surface area (Å²) in [5, 5.41) is 11.3. The molecule has 9 heteroatoms. The first kappa shape index (κ1) is 20.7. The molecule has 5 rings (SSSR count). The molecule has 1 aliphatic carbocycles. The number of aliphatic imine (C=N–C) groups is 1. The van der Waals surface area contributed by atoms with Crippen molar-refractivity contribution in [3.05, 3.63) is 58.6 Å². The van der Waals surface area contributed by atoms with Crippen molar-refractivity contribution in [2.24, 2.45) is 4.99 Å². The first-order valence-electron chi connectivity index (χ1n) is 11.0. The molecule has 0 saturated heterocycles. The molecule has 2 aliphatic rings. The van der Waals surface area contributed by atoms with Crippen LogP contribution in [0, 0.1) is 6.92 Å². The Hall–Kier alpha value is -3.20. The van der Waals surface area contributed by atoms with Gasteiger partial charge in [-0.3, -0.25) is 0 Å². The average molecular weight is 450 g/mol. The van der Waals surface area contributed by atoms with E-state index < -0.39 is 0 Å². The summed E-state index contributed by atoms with van der Waals surface area (Å²) < 4.78 is 9.62. The Labute approximate surface area is 191 Å². The minimum absolute atomic E-state index is 0.548. The maximum Gasteiger partial charge on any atom is 0.238 e. The molecule has 4 heterocycles. The van der Waals surface area contributed by atoms with Gasteiger partial charge >= 0.3 is 0 Å². The zero-order valence-electron chi connectivity index (χ0n) is 18.6. The van der Waals surface area contributed by atoms with Crippen molar-refractivity contribution in [2.75, 3.05) is 12.4 Å². The fourth-order valence-electron chi connectivity index (χ4n) is 4.18. The molecule has 0 bridgehead atoms. The number of thiazole rings is 1. The Morgan fingerprint density at radius 3 is 2.91 bits per heavy atom. The summed E-state index contributed by atoms with van der Waals surface area (Å²) in [5.74, 6) is 1.63. The van der Waals surface area contributed by atoms with Gasteiger partial charge in [0, 0.05) is 30.1 Å². The Balaban J connectivity index is 1.44. The molecule has 3 aromatic rings. The molecule has 0 atom stereocenters. The van der Waals surface area contributed by atoms with Gasteiger partial charge in [0.2, 0.25) is 5.88 Å². The fraction of sp³-hybridized carbons (Fsp3) is 0.391. The van der Waals surface area contributed by atoms with E-state index in [-0.39, 0.29) is 0 Å². The lowest BCUT2D eigenvalue weighted by atomic mass is 9.97. The standard InChI is InChI=1S/C23H27N7OS/c1-4-30-21(16-8-5-6-9-17(16)28-30)27-23-26-19(13-32-23)18-10-7-11-20(22(25-18)31-3)29-12-15(2)24-14-29/h7,11-14H,4-6,8-10H2,1-3H3,(H,26,27). The number of hydrogen-bond donors (Lipinski definition) is 1. The van der Waals surface area contributed by atoms with Crippen LogP contribution in [0.4, 0.5) is 10.9 Å². The molecule has 0 saturated carbocycles. The van der Waals surface area contributed by atoms with Crippen LogP contribution in [0.15, 0.2) is 40.9 Å². The van der Waals surface area contributed by atoms with E-state index in [0.717, 1.165) is 53.1 Å². The summed E-state index contributed by atoms with van der Waals surface area (Å²) in [6, 6.07) is 0. The lowest BCUT2D eigenvalue weighted by Gasteiger charge is -2.12. The van der Waals surface area contributed by atoms with Crippen molar-refractivity contribution in [3.8, 4) is 0 Å². The number of nitrogens with one attached hydrogen (secondary N) is 1. The van der Waals surface area contributed by atoms with Crippen molar-refractivity contribution in [1.82, 2.24) is 24.3 Å². The van der Waals surface area contributed by atoms with E-state index in [1.165, 1.54) is 24.1 Å². The number of rotatable bonds is 6. The molecular formula is C23H27N7OS. The van der Waals surface area contributed by atoms with E-state index in [4.69, 9.17) is 19.8 Å². The van der Waals surface area contributed by atoms with Crippen LogP contribution < -0.4 is 5.32 Å². The molecule has 3 aromatic heterocycles. The molecule has 1 aliphatic heterocycles. The Kier molecular flexibility index (Phi) is 5.65. The van der Waals surface area contributed by atoms with Crippen molar-refractivity contribution < 1.29 is 4.74 Å². The van der Waals surface area contributed by atoms with Crippen LogP contribution in [0.5, 0.6) is 0 Å². The maximum absolute atomic E-state index is 5.62. The SMILES string of the molecule is CCn1nc2c(c1Nc1nc(C3=NC(OC)=C(n4cnc(C)c4)C=CC3)cs1)CCCC2. The number of ether oxygens (including phenoxy) is 1. The first-order chi connectivity index (χ1) is 15.7. The van der Waals surface area contributed by atoms with Gasteiger partial charge in [0.15, 0.2) is 5.13 Å². The predicted molar refractivity (Wildman–Crippen MR) is 127 cm³/mol. The van der Waals surface area contributed by atoms with Gasteiger partial charge in [-0.05, 0) is 45.6 Å². The Morgan fingerprint density at radius 2 is 2.12 bits per heavy atom. The molecule has 166 valence electrons. The number of aromatic nitrogens is 5. The number of aryl methyl sites for hydroxylation is 3. The molecule has 0 fully saturated rings. The number of fused-ring (bicyclic) bond motifs is 1. The third-order valence-electron chi connectivity index (χ3n) is 5.77. The van der Waals surface area contributed by atoms with E-state index in [0.29, 0.717) is 12.3 Å². The minimum Gasteiger partial charge on any atom is -0.479 e. The summed E-state index contributed by atoms with van der Waals surface area (Å²) in [6.45, 7) is 4.93. The molecule has 32 heavy (non-hydrogen) atoms. The summed E-state index contributed by atoms with van der Waals surface area (Å²) in [5.41, 5.74) is 6.10. The van der Waals surface area contributed by atoms with Crippen LogP contribution in [0.1, 0.15) is 48.8 Å². The van der Waals surface area contributed by atoms with Gasteiger partial charge < -0.3 is 14.6 Å². The summed E-state index contributed by atoms with van der Waals surface area (Å²) in [4.78, 5) is 14.0. The molecule has 0 spiro atoms. The molecule has 0 unspecified atom stereocenters. The average Bonchev–Trinajstić information content (AvgIpc) is 3.50. The van der Waals surface area contributed by atoms with Gasteiger partial charge in [-0.2, -0.15) is 5.10 Å². The van der Waals surface area contributed by atoms with Crippen LogP contribution in [-0.2, 0) is 24.1 Å². The van der Waals surface area contributed by atoms with E-state index in [1.54, 1.807) is 24.8 Å². The minimum atomic E-state index is 0.548. The van der Waals surface area contributed by atoms with E-state index in [9.17, 15) is 0 Å². The third kappa shape index (κ3) is 3.88. The quantitative estimate of drug-likeness (QED) is 0.589. The highest BCUT2D eigenvalue weighted by atomic mass is 32.1. The van der Waals surface area contributed by atoms with Crippen LogP contribution >= 0.6 is 11.3 Å². The number of methoxy groups -OCH3 is 1. The van der Waals surface area contributed by atoms with Crippen LogP contribution in [0.3, 0.4) is 0 Å². The van der Waals surface area contributed by atoms with Crippen LogP contribution in [-0.4, -0.2) is 37.1 Å². The van der Waals surface area contributed by atoms with Gasteiger partial charge in [0.1, 0.15) is 11.5 Å². The molecule has 0 radical (unpaired) electrons. The van der Waals surface area contributed by atoms with E-state index in [2.05, 4.69) is 28.0 Å². The molecule has 0 amide bonds. The highest BCUT2D eigenvalue weighted by Crippen LogP contribution is 2.31. The lowest BCUT2D eigenvalue weighted by Crippen LogP contribution is -2.06. The zero-order valence-corrected chi connectivity index (χ0v) is 19.4. The Bertz CT molecular complexity index is 1230. The monoisotopic (exact) mass is 449 g/mol. The number of nitrogens with zero attached hydrogens (tertiary/aromatic N) is 6. The van der Waals surface area contributed by atoms with Gasteiger partial charge in [0.25, 0.3) is 0 Å². The molecule has 0 aromatic carbocycles. The Morgan fingerprint density at radius 1 is 1.25 bits per heavy atom. The number of allylic oxidation sites excluding steroid dienone is 3. The topological polar surface area (TPSA) is 82.1 Å². The summed E-state index contributed by atoms with van der Waals surface area (Å²) in [6.07, 6.45) is 13.1. The maximum atomic E-state index is 5.62. The molecule has 8 nitrogen and oxygen atoms in total. The van der Waals surface area contributed by atoms with E-state index in [1.807, 2.05) is 29.1 Å². The van der Waals surface area contributed by atoms with Crippen molar-refractivity contribution in [3.63, 3.8) is 0 Å². The summed E-state index contributed by atoms with van der Waals surface area (Å²) >= 11 is 1.59. The van der Waals surface area contributed by atoms with Crippen molar-refractivity contribution >= 4 is 33.7 Å². The number of imidazole rings is 1. The van der Waals surface area contributed by atoms with Crippen molar-refractivity contribution in [2.45, 2.75) is 52.5 Å². The highest BCUT2D eigenvalue weighted by molar-refractivity contribution is 7.14. The van der Waals surface area contributed by atoms with E-state index >= 15 is 0 Å². The first-order valence-corrected chi connectivity index (χ1v) is 11.9. The van der Waals surface area contributed by atoms with Crippen molar-refractivity contribution in [1.29, 1.82) is 0 Å². The number of hydrogen-bond acceptors (Lipinski definition) is 7. The van der Waals surface area contributed by atoms with Gasteiger partial charge in [-0.15, -0.1) is 11.3 Å². The van der Waals surface area contributed by atoms with Gasteiger partial charge in [-0.25, -0.2) is 19.6 Å². The fourth-order valence-corrected chi connectivity index (χ4v) is 4.90. The second-order valence-electron chi connectivity index (χ2n) is 7.94. The molecular weight excluding hydrogens is 422 g/mol. The lowest BCUT2D eigenvalue weighted by molar-refractivity contribution is 0.289.